The second-order valence-corrected chi connectivity index (χ2v) is 7.70. The molecule has 1 saturated carbocycles. The molecule has 1 fully saturated rings. The summed E-state index contributed by atoms with van der Waals surface area (Å²) in [4.78, 5) is 8.57. The summed E-state index contributed by atoms with van der Waals surface area (Å²) < 4.78 is 3.64. The van der Waals surface area contributed by atoms with Gasteiger partial charge in [-0.1, -0.05) is 0 Å². The normalized spacial score (nSPS) is 24.6. The zero-order chi connectivity index (χ0) is 20.5. The summed E-state index contributed by atoms with van der Waals surface area (Å²) in [5.41, 5.74) is 14.1. The Bertz CT molecular complexity index is 984. The quantitative estimate of drug-likeness (QED) is 0.337. The molecule has 0 aromatic carbocycles. The number of nitrogens with one attached hydrogen (secondary N) is 1. The van der Waals surface area contributed by atoms with E-state index in [1.807, 2.05) is 24.0 Å². The molecule has 10 nitrogen and oxygen atoms in total. The molecule has 1 aliphatic carbocycles. The van der Waals surface area contributed by atoms with Crippen LogP contribution in [0.3, 0.4) is 0 Å². The number of hydrogen-bond donors (Lipinski definition) is 5. The van der Waals surface area contributed by atoms with Gasteiger partial charge in [-0.3, -0.25) is 4.68 Å². The van der Waals surface area contributed by atoms with Gasteiger partial charge < -0.3 is 31.6 Å². The number of anilines is 1. The van der Waals surface area contributed by atoms with Crippen molar-refractivity contribution in [1.82, 2.24) is 29.6 Å². The van der Waals surface area contributed by atoms with Crippen molar-refractivity contribution in [3.05, 3.63) is 24.9 Å². The summed E-state index contributed by atoms with van der Waals surface area (Å²) in [6.45, 7) is 2.04. The monoisotopic (exact) mass is 400 g/mol. The van der Waals surface area contributed by atoms with Crippen molar-refractivity contribution in [3.8, 4) is 11.1 Å². The maximum Gasteiger partial charge on any atom is 0.146 e. The molecule has 10 heteroatoms. The third-order valence-corrected chi connectivity index (χ3v) is 5.75. The molecule has 29 heavy (non-hydrogen) atoms. The Morgan fingerprint density at radius 1 is 1.24 bits per heavy atom. The van der Waals surface area contributed by atoms with Crippen LogP contribution >= 0.6 is 0 Å². The molecular formula is C19H28N8O2. The second kappa shape index (κ2) is 8.07. The van der Waals surface area contributed by atoms with E-state index in [-0.39, 0.29) is 12.0 Å². The van der Waals surface area contributed by atoms with Crippen LogP contribution in [0.15, 0.2) is 24.9 Å². The van der Waals surface area contributed by atoms with E-state index in [0.717, 1.165) is 29.5 Å². The predicted octanol–water partition coefficient (Wildman–Crippen LogP) is -0.365. The summed E-state index contributed by atoms with van der Waals surface area (Å²) >= 11 is 0. The Kier molecular flexibility index (Phi) is 5.50. The summed E-state index contributed by atoms with van der Waals surface area (Å²) in [6, 6.07) is -0.312. The highest BCUT2D eigenvalue weighted by Crippen LogP contribution is 2.40. The first-order chi connectivity index (χ1) is 14.0. The number of hydrogen-bond acceptors (Lipinski definition) is 8. The molecule has 0 spiro atoms. The van der Waals surface area contributed by atoms with Crippen LogP contribution in [0.2, 0.25) is 0 Å². The van der Waals surface area contributed by atoms with Crippen LogP contribution in [0.25, 0.3) is 22.2 Å². The first-order valence-electron chi connectivity index (χ1n) is 9.88. The summed E-state index contributed by atoms with van der Waals surface area (Å²) in [5, 5.41) is 29.7. The molecule has 1 aliphatic rings. The predicted molar refractivity (Wildman–Crippen MR) is 110 cm³/mol. The lowest BCUT2D eigenvalue weighted by molar-refractivity contribution is 0.00695. The van der Waals surface area contributed by atoms with Crippen LogP contribution < -0.4 is 16.8 Å². The lowest BCUT2D eigenvalue weighted by atomic mass is 10.1. The van der Waals surface area contributed by atoms with E-state index in [4.69, 9.17) is 11.5 Å². The number of aryl methyl sites for hydroxylation is 1. The number of nitrogens with two attached hydrogens (primary N) is 2. The fraction of sp³-hybridized carbons (Fsp3) is 0.526. The highest BCUT2D eigenvalue weighted by atomic mass is 16.3. The van der Waals surface area contributed by atoms with E-state index in [0.29, 0.717) is 31.0 Å². The second-order valence-electron chi connectivity index (χ2n) is 7.70. The molecule has 0 amide bonds. The van der Waals surface area contributed by atoms with Crippen LogP contribution in [0, 0.1) is 5.92 Å². The number of aliphatic hydroxyl groups excluding tert-OH is 2. The Hall–Kier alpha value is -2.53. The van der Waals surface area contributed by atoms with Gasteiger partial charge >= 0.3 is 0 Å². The zero-order valence-electron chi connectivity index (χ0n) is 16.4. The van der Waals surface area contributed by atoms with E-state index in [9.17, 15) is 10.2 Å². The standard InChI is InChI=1S/C19H28N8O2/c1-26-8-12(7-25-26)13-9-27(19-15(13)18(21)23-10-24-19)14-5-11(16(28)17(14)29)6-22-4-2-3-20/h7-11,14,16-17,22,28-29H,2-6,20H2,1H3,(H2,21,23,24)/t11-,14-,16-,17+/m1/s1. The van der Waals surface area contributed by atoms with Gasteiger partial charge in [-0.25, -0.2) is 9.97 Å². The van der Waals surface area contributed by atoms with Crippen molar-refractivity contribution in [2.45, 2.75) is 31.1 Å². The fourth-order valence-corrected chi connectivity index (χ4v) is 4.23. The molecule has 7 N–H and O–H groups in total. The SMILES string of the molecule is Cn1cc(-c2cn([C@@H]3C[C@H](CNCCCN)[C@@H](O)[C@H]3O)c3ncnc(N)c23)cn1. The van der Waals surface area contributed by atoms with Crippen molar-refractivity contribution in [2.75, 3.05) is 25.4 Å². The van der Waals surface area contributed by atoms with Gasteiger partial charge in [-0.15, -0.1) is 0 Å². The summed E-state index contributed by atoms with van der Waals surface area (Å²) in [6.07, 6.45) is 6.79. The summed E-state index contributed by atoms with van der Waals surface area (Å²) in [7, 11) is 1.85. The van der Waals surface area contributed by atoms with Crippen molar-refractivity contribution in [1.29, 1.82) is 0 Å². The molecule has 4 rings (SSSR count). The van der Waals surface area contributed by atoms with Crippen molar-refractivity contribution in [2.24, 2.45) is 18.7 Å². The number of aromatic nitrogens is 5. The molecular weight excluding hydrogens is 372 g/mol. The van der Waals surface area contributed by atoms with Crippen molar-refractivity contribution < 1.29 is 10.2 Å². The van der Waals surface area contributed by atoms with E-state index in [2.05, 4.69) is 20.4 Å². The Morgan fingerprint density at radius 3 is 2.79 bits per heavy atom. The Morgan fingerprint density at radius 2 is 2.07 bits per heavy atom. The number of fused-ring (bicyclic) bond motifs is 1. The van der Waals surface area contributed by atoms with Crippen LogP contribution in [-0.4, -0.2) is 66.4 Å². The molecule has 0 saturated heterocycles. The van der Waals surface area contributed by atoms with Gasteiger partial charge in [-0.05, 0) is 25.9 Å². The first-order valence-corrected chi connectivity index (χ1v) is 9.88. The molecule has 0 radical (unpaired) electrons. The lowest BCUT2D eigenvalue weighted by Crippen LogP contribution is -2.34. The molecule has 0 unspecified atom stereocenters. The van der Waals surface area contributed by atoms with Crippen LogP contribution in [0.5, 0.6) is 0 Å². The highest BCUT2D eigenvalue weighted by Gasteiger charge is 2.42. The minimum absolute atomic E-state index is 0.0637. The van der Waals surface area contributed by atoms with Gasteiger partial charge in [0.05, 0.1) is 23.7 Å². The molecule has 0 bridgehead atoms. The van der Waals surface area contributed by atoms with Gasteiger partial charge in [0.1, 0.15) is 23.9 Å². The fourth-order valence-electron chi connectivity index (χ4n) is 4.23. The Labute approximate surface area is 168 Å². The molecule has 3 aromatic heterocycles. The van der Waals surface area contributed by atoms with E-state index < -0.39 is 12.2 Å². The third-order valence-electron chi connectivity index (χ3n) is 5.75. The van der Waals surface area contributed by atoms with Gasteiger partial charge in [-0.2, -0.15) is 5.10 Å². The topological polar surface area (TPSA) is 153 Å². The van der Waals surface area contributed by atoms with Gasteiger partial charge in [0.2, 0.25) is 0 Å². The number of nitrogens with zero attached hydrogens (tertiary/aromatic N) is 5. The van der Waals surface area contributed by atoms with Crippen LogP contribution in [-0.2, 0) is 7.05 Å². The molecule has 3 aromatic rings. The number of nitrogen functional groups attached to an aromatic ring is 1. The maximum absolute atomic E-state index is 10.8. The average Bonchev–Trinajstić information content (AvgIpc) is 3.37. The Balaban J connectivity index is 1.68. The smallest absolute Gasteiger partial charge is 0.146 e. The third kappa shape index (κ3) is 3.60. The van der Waals surface area contributed by atoms with Gasteiger partial charge in [0, 0.05) is 43.0 Å². The number of aliphatic hydroxyl groups is 2. The van der Waals surface area contributed by atoms with Crippen molar-refractivity contribution >= 4 is 16.9 Å². The zero-order valence-corrected chi connectivity index (χ0v) is 16.4. The van der Waals surface area contributed by atoms with Crippen LogP contribution in [0.4, 0.5) is 5.82 Å². The van der Waals surface area contributed by atoms with Crippen LogP contribution in [0.1, 0.15) is 18.9 Å². The van der Waals surface area contributed by atoms with E-state index >= 15 is 0 Å². The first kappa shape index (κ1) is 19.8. The highest BCUT2D eigenvalue weighted by molar-refractivity contribution is 6.00. The summed E-state index contributed by atoms with van der Waals surface area (Å²) in [5.74, 6) is 0.312. The van der Waals surface area contributed by atoms with Gasteiger partial charge in [0.25, 0.3) is 0 Å². The van der Waals surface area contributed by atoms with Gasteiger partial charge in [0.15, 0.2) is 0 Å². The molecule has 0 aliphatic heterocycles. The minimum Gasteiger partial charge on any atom is -0.390 e. The molecule has 3 heterocycles. The van der Waals surface area contributed by atoms with E-state index in [1.54, 1.807) is 10.9 Å². The maximum atomic E-state index is 10.8. The van der Waals surface area contributed by atoms with E-state index in [1.165, 1.54) is 6.33 Å². The minimum atomic E-state index is -0.898. The lowest BCUT2D eigenvalue weighted by Gasteiger charge is -2.19. The number of rotatable bonds is 7. The largest absolute Gasteiger partial charge is 0.390 e. The molecule has 4 atom stereocenters. The van der Waals surface area contributed by atoms with Crippen molar-refractivity contribution in [3.63, 3.8) is 0 Å². The molecule has 156 valence electrons. The average molecular weight is 400 g/mol.